The van der Waals surface area contributed by atoms with Crippen LogP contribution in [-0.4, -0.2) is 27.6 Å². The van der Waals surface area contributed by atoms with Crippen molar-refractivity contribution in [3.63, 3.8) is 0 Å². The molecule has 0 unspecified atom stereocenters. The maximum atomic E-state index is 12.3. The molecule has 4 nitrogen and oxygen atoms in total. The molecule has 0 spiro atoms. The van der Waals surface area contributed by atoms with Gasteiger partial charge < -0.3 is 4.90 Å². The van der Waals surface area contributed by atoms with Crippen molar-refractivity contribution < 1.29 is 4.79 Å². The van der Waals surface area contributed by atoms with Crippen LogP contribution in [0.5, 0.6) is 0 Å². The predicted octanol–water partition coefficient (Wildman–Crippen LogP) is 2.76. The third-order valence-corrected chi connectivity index (χ3v) is 3.27. The zero-order valence-electron chi connectivity index (χ0n) is 11.2. The molecule has 0 aliphatic heterocycles. The number of aromatic nitrogens is 2. The lowest BCUT2D eigenvalue weighted by molar-refractivity contribution is 0.0785. The van der Waals surface area contributed by atoms with Crippen LogP contribution in [0, 0.1) is 6.92 Å². The van der Waals surface area contributed by atoms with E-state index in [1.165, 1.54) is 0 Å². The summed E-state index contributed by atoms with van der Waals surface area (Å²) in [6.07, 6.45) is 3.69. The summed E-state index contributed by atoms with van der Waals surface area (Å²) >= 11 is 3.42. The Morgan fingerprint density at radius 3 is 2.74 bits per heavy atom. The van der Waals surface area contributed by atoms with E-state index in [1.54, 1.807) is 22.8 Å². The van der Waals surface area contributed by atoms with E-state index < -0.39 is 0 Å². The summed E-state index contributed by atoms with van der Waals surface area (Å²) in [5, 5.41) is 4.10. The summed E-state index contributed by atoms with van der Waals surface area (Å²) < 4.78 is 2.65. The minimum atomic E-state index is 0.00764. The molecule has 0 aliphatic rings. The number of carbonyl (C=O) groups excluding carboxylic acids is 1. The van der Waals surface area contributed by atoms with E-state index in [-0.39, 0.29) is 5.91 Å². The molecular weight excluding hydrogens is 306 g/mol. The van der Waals surface area contributed by atoms with E-state index in [1.807, 2.05) is 38.4 Å². The van der Waals surface area contributed by atoms with E-state index in [9.17, 15) is 4.79 Å². The largest absolute Gasteiger partial charge is 0.337 e. The van der Waals surface area contributed by atoms with E-state index in [0.717, 1.165) is 15.6 Å². The highest BCUT2D eigenvalue weighted by molar-refractivity contribution is 9.10. The standard InChI is InChI=1S/C14H16BrN3O/c1-10-4-12(6-13(15)5-10)14(19)17(2)8-11-7-16-18(3)9-11/h4-7,9H,8H2,1-3H3. The molecule has 0 aliphatic carbocycles. The molecule has 19 heavy (non-hydrogen) atoms. The fourth-order valence-electron chi connectivity index (χ4n) is 1.98. The summed E-state index contributed by atoms with van der Waals surface area (Å²) in [5.41, 5.74) is 2.77. The molecule has 2 rings (SSSR count). The van der Waals surface area contributed by atoms with Crippen LogP contribution in [0.4, 0.5) is 0 Å². The van der Waals surface area contributed by atoms with Crippen molar-refractivity contribution in [3.8, 4) is 0 Å². The zero-order chi connectivity index (χ0) is 14.0. The van der Waals surface area contributed by atoms with Gasteiger partial charge in [0, 0.05) is 42.4 Å². The first-order chi connectivity index (χ1) is 8.95. The maximum Gasteiger partial charge on any atom is 0.253 e. The number of benzene rings is 1. The monoisotopic (exact) mass is 321 g/mol. The molecule has 0 radical (unpaired) electrons. The number of halogens is 1. The number of carbonyl (C=O) groups is 1. The number of amides is 1. The van der Waals surface area contributed by atoms with Gasteiger partial charge in [0.25, 0.3) is 5.91 Å². The smallest absolute Gasteiger partial charge is 0.253 e. The molecule has 0 bridgehead atoms. The van der Waals surface area contributed by atoms with Gasteiger partial charge in [0.15, 0.2) is 0 Å². The van der Waals surface area contributed by atoms with Crippen LogP contribution >= 0.6 is 15.9 Å². The first-order valence-electron chi connectivity index (χ1n) is 5.96. The normalized spacial score (nSPS) is 10.5. The Morgan fingerprint density at radius 1 is 1.42 bits per heavy atom. The minimum Gasteiger partial charge on any atom is -0.337 e. The minimum absolute atomic E-state index is 0.00764. The van der Waals surface area contributed by atoms with Crippen molar-refractivity contribution in [2.45, 2.75) is 13.5 Å². The second kappa shape index (κ2) is 5.57. The molecule has 1 aromatic carbocycles. The molecule has 1 aromatic heterocycles. The quantitative estimate of drug-likeness (QED) is 0.871. The summed E-state index contributed by atoms with van der Waals surface area (Å²) in [6.45, 7) is 2.53. The van der Waals surface area contributed by atoms with E-state index >= 15 is 0 Å². The van der Waals surface area contributed by atoms with Gasteiger partial charge in [-0.15, -0.1) is 0 Å². The average Bonchev–Trinajstić information content (AvgIpc) is 2.72. The van der Waals surface area contributed by atoms with Crippen LogP contribution in [0.2, 0.25) is 0 Å². The van der Waals surface area contributed by atoms with Crippen LogP contribution in [0.1, 0.15) is 21.5 Å². The van der Waals surface area contributed by atoms with Crippen LogP contribution < -0.4 is 0 Å². The molecule has 100 valence electrons. The lowest BCUT2D eigenvalue weighted by atomic mass is 10.1. The van der Waals surface area contributed by atoms with Crippen molar-refractivity contribution in [1.82, 2.24) is 14.7 Å². The SMILES string of the molecule is Cc1cc(Br)cc(C(=O)N(C)Cc2cnn(C)c2)c1. The van der Waals surface area contributed by atoms with Crippen molar-refractivity contribution >= 4 is 21.8 Å². The van der Waals surface area contributed by atoms with Gasteiger partial charge in [-0.1, -0.05) is 15.9 Å². The third-order valence-electron chi connectivity index (χ3n) is 2.81. The Labute approximate surface area is 121 Å². The Hall–Kier alpha value is -1.62. The highest BCUT2D eigenvalue weighted by Gasteiger charge is 2.13. The van der Waals surface area contributed by atoms with Crippen molar-refractivity contribution in [2.24, 2.45) is 7.05 Å². The van der Waals surface area contributed by atoms with E-state index in [2.05, 4.69) is 21.0 Å². The molecule has 5 heteroatoms. The van der Waals surface area contributed by atoms with Crippen molar-refractivity contribution in [3.05, 3.63) is 51.8 Å². The topological polar surface area (TPSA) is 38.1 Å². The summed E-state index contributed by atoms with van der Waals surface area (Å²) in [4.78, 5) is 14.0. The number of aryl methyl sites for hydroxylation is 2. The number of hydrogen-bond donors (Lipinski definition) is 0. The lowest BCUT2D eigenvalue weighted by Crippen LogP contribution is -2.26. The Kier molecular flexibility index (Phi) is 4.04. The second-order valence-corrected chi connectivity index (χ2v) is 5.62. The Balaban J connectivity index is 2.14. The van der Waals surface area contributed by atoms with Gasteiger partial charge in [0.05, 0.1) is 6.20 Å². The fourth-order valence-corrected chi connectivity index (χ4v) is 2.59. The molecule has 0 N–H and O–H groups in total. The molecule has 0 saturated carbocycles. The maximum absolute atomic E-state index is 12.3. The van der Waals surface area contributed by atoms with E-state index in [4.69, 9.17) is 0 Å². The molecule has 0 atom stereocenters. The summed E-state index contributed by atoms with van der Waals surface area (Å²) in [5.74, 6) is 0.00764. The van der Waals surface area contributed by atoms with Crippen molar-refractivity contribution in [1.29, 1.82) is 0 Å². The van der Waals surface area contributed by atoms with Crippen LogP contribution in [0.25, 0.3) is 0 Å². The van der Waals surface area contributed by atoms with Gasteiger partial charge in [-0.3, -0.25) is 9.48 Å². The molecule has 1 heterocycles. The predicted molar refractivity (Wildman–Crippen MR) is 77.9 cm³/mol. The Bertz CT molecular complexity index is 586. The van der Waals surface area contributed by atoms with Crippen LogP contribution in [-0.2, 0) is 13.6 Å². The molecule has 2 aromatic rings. The zero-order valence-corrected chi connectivity index (χ0v) is 12.8. The summed E-state index contributed by atoms with van der Waals surface area (Å²) in [6, 6.07) is 5.72. The first-order valence-corrected chi connectivity index (χ1v) is 6.75. The number of rotatable bonds is 3. The summed E-state index contributed by atoms with van der Waals surface area (Å²) in [7, 11) is 3.66. The highest BCUT2D eigenvalue weighted by Crippen LogP contribution is 2.17. The molecule has 0 saturated heterocycles. The number of hydrogen-bond acceptors (Lipinski definition) is 2. The fraction of sp³-hybridized carbons (Fsp3) is 0.286. The number of nitrogens with zero attached hydrogens (tertiary/aromatic N) is 3. The van der Waals surface area contributed by atoms with Crippen LogP contribution in [0.3, 0.4) is 0 Å². The van der Waals surface area contributed by atoms with Gasteiger partial charge in [0.1, 0.15) is 0 Å². The average molecular weight is 322 g/mol. The van der Waals surface area contributed by atoms with Gasteiger partial charge in [0.2, 0.25) is 0 Å². The van der Waals surface area contributed by atoms with Crippen LogP contribution in [0.15, 0.2) is 35.1 Å². The molecule has 1 amide bonds. The molecule has 0 fully saturated rings. The first kappa shape index (κ1) is 13.8. The third kappa shape index (κ3) is 3.44. The van der Waals surface area contributed by atoms with E-state index in [0.29, 0.717) is 12.1 Å². The highest BCUT2D eigenvalue weighted by atomic mass is 79.9. The second-order valence-electron chi connectivity index (χ2n) is 4.70. The van der Waals surface area contributed by atoms with Crippen molar-refractivity contribution in [2.75, 3.05) is 7.05 Å². The van der Waals surface area contributed by atoms with Gasteiger partial charge in [-0.25, -0.2) is 0 Å². The lowest BCUT2D eigenvalue weighted by Gasteiger charge is -2.16. The van der Waals surface area contributed by atoms with Gasteiger partial charge >= 0.3 is 0 Å². The molecular formula is C14H16BrN3O. The Morgan fingerprint density at radius 2 is 2.16 bits per heavy atom. The van der Waals surface area contributed by atoms with Gasteiger partial charge in [-0.05, 0) is 30.7 Å². The van der Waals surface area contributed by atoms with Gasteiger partial charge in [-0.2, -0.15) is 5.10 Å².